The molecule has 1 aliphatic carbocycles. The van der Waals surface area contributed by atoms with Gasteiger partial charge < -0.3 is 4.42 Å². The van der Waals surface area contributed by atoms with Gasteiger partial charge in [-0.25, -0.2) is 4.98 Å². The van der Waals surface area contributed by atoms with Gasteiger partial charge in [0.2, 0.25) is 5.89 Å². The van der Waals surface area contributed by atoms with Gasteiger partial charge in [-0.2, -0.15) is 0 Å². The molecule has 22 heavy (non-hydrogen) atoms. The second kappa shape index (κ2) is 6.17. The Balaban J connectivity index is 1.35. The number of aromatic nitrogens is 1. The zero-order valence-corrected chi connectivity index (χ0v) is 13.9. The zero-order chi connectivity index (χ0) is 14.8. The van der Waals surface area contributed by atoms with Crippen molar-refractivity contribution >= 4 is 11.3 Å². The summed E-state index contributed by atoms with van der Waals surface area (Å²) in [5.74, 6) is 1.77. The van der Waals surface area contributed by atoms with Gasteiger partial charge in [0.05, 0.1) is 17.6 Å². The molecule has 0 bridgehead atoms. The molecule has 0 unspecified atom stereocenters. The maximum absolute atomic E-state index is 5.93. The molecule has 1 saturated heterocycles. The molecule has 118 valence electrons. The van der Waals surface area contributed by atoms with Crippen LogP contribution in [0.1, 0.15) is 50.8 Å². The monoisotopic (exact) mass is 316 g/mol. The second-order valence-electron chi connectivity index (χ2n) is 6.93. The third kappa shape index (κ3) is 2.99. The summed E-state index contributed by atoms with van der Waals surface area (Å²) in [7, 11) is 0. The van der Waals surface area contributed by atoms with Crippen LogP contribution in [0.3, 0.4) is 0 Å². The molecule has 2 aromatic heterocycles. The van der Waals surface area contributed by atoms with Crippen LogP contribution in [0.4, 0.5) is 0 Å². The average molecular weight is 316 g/mol. The molecule has 2 aromatic rings. The Bertz CT molecular complexity index is 588. The van der Waals surface area contributed by atoms with Gasteiger partial charge in [0, 0.05) is 0 Å². The van der Waals surface area contributed by atoms with E-state index in [1.807, 2.05) is 6.20 Å². The lowest BCUT2D eigenvalue weighted by atomic mass is 9.68. The maximum Gasteiger partial charge on any atom is 0.209 e. The largest absolute Gasteiger partial charge is 0.438 e. The minimum absolute atomic E-state index is 0.674. The number of piperidine rings is 1. The van der Waals surface area contributed by atoms with Gasteiger partial charge in [0.1, 0.15) is 0 Å². The number of thiophene rings is 1. The summed E-state index contributed by atoms with van der Waals surface area (Å²) in [5.41, 5.74) is 0.674. The normalized spacial score (nSPS) is 22.2. The van der Waals surface area contributed by atoms with Crippen molar-refractivity contribution in [2.45, 2.75) is 51.5 Å². The van der Waals surface area contributed by atoms with E-state index in [1.54, 1.807) is 11.3 Å². The predicted molar refractivity (Wildman–Crippen MR) is 89.8 cm³/mol. The molecule has 3 heterocycles. The number of nitrogens with zero attached hydrogens (tertiary/aromatic N) is 2. The Morgan fingerprint density at radius 1 is 1.14 bits per heavy atom. The minimum atomic E-state index is 0.674. The van der Waals surface area contributed by atoms with E-state index in [9.17, 15) is 0 Å². The first-order valence-electron chi connectivity index (χ1n) is 8.54. The van der Waals surface area contributed by atoms with Gasteiger partial charge >= 0.3 is 0 Å². The minimum Gasteiger partial charge on any atom is -0.438 e. The Kier molecular flexibility index (Phi) is 4.05. The van der Waals surface area contributed by atoms with Gasteiger partial charge in [0.25, 0.3) is 0 Å². The summed E-state index contributed by atoms with van der Waals surface area (Å²) in [6, 6.07) is 4.14. The average Bonchev–Trinajstić information content (AvgIpc) is 3.22. The van der Waals surface area contributed by atoms with E-state index in [1.165, 1.54) is 62.9 Å². The lowest BCUT2D eigenvalue weighted by Gasteiger charge is -2.44. The first-order valence-corrected chi connectivity index (χ1v) is 9.42. The van der Waals surface area contributed by atoms with E-state index in [0.717, 1.165) is 18.2 Å². The van der Waals surface area contributed by atoms with Crippen molar-refractivity contribution in [2.24, 2.45) is 5.41 Å². The van der Waals surface area contributed by atoms with E-state index < -0.39 is 0 Å². The predicted octanol–water partition coefficient (Wildman–Crippen LogP) is 4.95. The van der Waals surface area contributed by atoms with E-state index in [-0.39, 0.29) is 0 Å². The molecule has 2 aliphatic rings. The van der Waals surface area contributed by atoms with E-state index in [4.69, 9.17) is 4.42 Å². The lowest BCUT2D eigenvalue weighted by Crippen LogP contribution is -2.40. The molecule has 4 rings (SSSR count). The topological polar surface area (TPSA) is 29.3 Å². The van der Waals surface area contributed by atoms with E-state index >= 15 is 0 Å². The van der Waals surface area contributed by atoms with Crippen molar-refractivity contribution in [1.82, 2.24) is 9.88 Å². The summed E-state index contributed by atoms with van der Waals surface area (Å²) < 4.78 is 5.93. The fourth-order valence-electron chi connectivity index (χ4n) is 4.09. The number of oxazole rings is 1. The Morgan fingerprint density at radius 3 is 2.68 bits per heavy atom. The highest BCUT2D eigenvalue weighted by Gasteiger charge is 2.35. The summed E-state index contributed by atoms with van der Waals surface area (Å²) in [6.45, 7) is 3.27. The van der Waals surface area contributed by atoms with Crippen molar-refractivity contribution in [1.29, 1.82) is 0 Å². The molecule has 3 nitrogen and oxygen atoms in total. The molecule has 1 aliphatic heterocycles. The number of rotatable bonds is 3. The molecular formula is C18H24N2OS. The molecular weight excluding hydrogens is 292 g/mol. The highest BCUT2D eigenvalue weighted by Crippen LogP contribution is 2.44. The Morgan fingerprint density at radius 2 is 1.95 bits per heavy atom. The van der Waals surface area contributed by atoms with E-state index in [2.05, 4.69) is 27.4 Å². The van der Waals surface area contributed by atoms with Crippen LogP contribution in [-0.4, -0.2) is 23.0 Å². The van der Waals surface area contributed by atoms with Gasteiger partial charge in [-0.1, -0.05) is 25.3 Å². The molecule has 1 saturated carbocycles. The summed E-state index contributed by atoms with van der Waals surface area (Å²) in [6.07, 6.45) is 11.9. The standard InChI is InChI=1S/C18H24N2OS/c1-2-6-18(7-3-1)8-10-20(11-9-18)14-17-19-13-15(21-17)16-5-4-12-22-16/h4-5,12-13H,1-3,6-11,14H2. The third-order valence-corrected chi connectivity index (χ3v) is 6.39. The molecule has 0 radical (unpaired) electrons. The maximum atomic E-state index is 5.93. The molecule has 0 atom stereocenters. The first-order chi connectivity index (χ1) is 10.8. The molecule has 4 heteroatoms. The first kappa shape index (κ1) is 14.5. The van der Waals surface area contributed by atoms with Crippen LogP contribution in [-0.2, 0) is 6.54 Å². The number of hydrogen-bond acceptors (Lipinski definition) is 4. The van der Waals surface area contributed by atoms with Crippen molar-refractivity contribution < 1.29 is 4.42 Å². The van der Waals surface area contributed by atoms with Crippen molar-refractivity contribution in [3.63, 3.8) is 0 Å². The van der Waals surface area contributed by atoms with Gasteiger partial charge in [-0.05, 0) is 55.6 Å². The van der Waals surface area contributed by atoms with Gasteiger partial charge in [-0.3, -0.25) is 4.90 Å². The number of likely N-dealkylation sites (tertiary alicyclic amines) is 1. The second-order valence-corrected chi connectivity index (χ2v) is 7.88. The summed E-state index contributed by atoms with van der Waals surface area (Å²) in [4.78, 5) is 8.15. The molecule has 0 aromatic carbocycles. The van der Waals surface area contributed by atoms with Crippen LogP contribution in [0.25, 0.3) is 10.6 Å². The van der Waals surface area contributed by atoms with Crippen molar-refractivity contribution in [3.05, 3.63) is 29.6 Å². The fraction of sp³-hybridized carbons (Fsp3) is 0.611. The fourth-order valence-corrected chi connectivity index (χ4v) is 4.77. The van der Waals surface area contributed by atoms with E-state index in [0.29, 0.717) is 5.41 Å². The molecule has 2 fully saturated rings. The molecule has 1 spiro atoms. The van der Waals surface area contributed by atoms with Crippen LogP contribution in [0, 0.1) is 5.41 Å². The lowest BCUT2D eigenvalue weighted by molar-refractivity contribution is 0.0601. The number of hydrogen-bond donors (Lipinski definition) is 0. The Hall–Kier alpha value is -1.13. The van der Waals surface area contributed by atoms with Crippen molar-refractivity contribution in [3.8, 4) is 10.6 Å². The summed E-state index contributed by atoms with van der Waals surface area (Å²) >= 11 is 1.70. The van der Waals surface area contributed by atoms with Crippen LogP contribution >= 0.6 is 11.3 Å². The highest BCUT2D eigenvalue weighted by molar-refractivity contribution is 7.13. The van der Waals surface area contributed by atoms with Crippen molar-refractivity contribution in [2.75, 3.05) is 13.1 Å². The third-order valence-electron chi connectivity index (χ3n) is 5.51. The molecule has 0 N–H and O–H groups in total. The van der Waals surface area contributed by atoms with Crippen LogP contribution < -0.4 is 0 Å². The Labute approximate surface area is 136 Å². The van der Waals surface area contributed by atoms with Crippen LogP contribution in [0.15, 0.2) is 28.1 Å². The smallest absolute Gasteiger partial charge is 0.209 e. The summed E-state index contributed by atoms with van der Waals surface area (Å²) in [5, 5.41) is 2.08. The van der Waals surface area contributed by atoms with Gasteiger partial charge in [0.15, 0.2) is 5.76 Å². The highest BCUT2D eigenvalue weighted by atomic mass is 32.1. The van der Waals surface area contributed by atoms with Crippen LogP contribution in [0.2, 0.25) is 0 Å². The SMILES string of the molecule is c1csc(-c2cnc(CN3CCC4(CCCCC4)CC3)o2)c1. The zero-order valence-electron chi connectivity index (χ0n) is 13.1. The van der Waals surface area contributed by atoms with Crippen LogP contribution in [0.5, 0.6) is 0 Å². The van der Waals surface area contributed by atoms with Gasteiger partial charge in [-0.15, -0.1) is 11.3 Å². The molecule has 0 amide bonds. The quantitative estimate of drug-likeness (QED) is 0.802.